The second-order valence-corrected chi connectivity index (χ2v) is 4.48. The molecule has 2 heterocycles. The lowest BCUT2D eigenvalue weighted by Crippen LogP contribution is -1.98. The lowest BCUT2D eigenvalue weighted by molar-refractivity contribution is 0.109. The maximum Gasteiger partial charge on any atom is 0.282 e. The Morgan fingerprint density at radius 2 is 2.05 bits per heavy atom. The van der Waals surface area contributed by atoms with Crippen molar-refractivity contribution in [2.75, 3.05) is 7.11 Å². The zero-order valence-corrected chi connectivity index (χ0v) is 11.6. The number of methoxy groups -OCH3 is 1. The summed E-state index contributed by atoms with van der Waals surface area (Å²) in [6.45, 7) is 1.80. The van der Waals surface area contributed by atoms with E-state index in [-0.39, 0.29) is 23.4 Å². The zero-order valence-electron chi connectivity index (χ0n) is 11.6. The summed E-state index contributed by atoms with van der Waals surface area (Å²) >= 11 is 0. The molecule has 0 saturated heterocycles. The van der Waals surface area contributed by atoms with Gasteiger partial charge in [-0.1, -0.05) is 23.4 Å². The molecule has 21 heavy (non-hydrogen) atoms. The van der Waals surface area contributed by atoms with Crippen LogP contribution in [-0.4, -0.2) is 32.1 Å². The molecule has 1 unspecified atom stereocenters. The van der Waals surface area contributed by atoms with E-state index in [2.05, 4.69) is 15.2 Å². The van der Waals surface area contributed by atoms with Gasteiger partial charge in [0.25, 0.3) is 5.89 Å². The van der Waals surface area contributed by atoms with Gasteiger partial charge < -0.3 is 14.4 Å². The van der Waals surface area contributed by atoms with Crippen LogP contribution in [0.4, 0.5) is 0 Å². The number of rotatable bonds is 4. The van der Waals surface area contributed by atoms with Gasteiger partial charge in [0.2, 0.25) is 5.82 Å². The Balaban J connectivity index is 1.96. The van der Waals surface area contributed by atoms with Crippen LogP contribution in [0.15, 0.2) is 41.1 Å². The Bertz CT molecular complexity index is 736. The standard InChI is InChI=1S/C14H14N4O3/c1-9(20-2)13-15-14(21-17-13)12-11(19)8-18(16-12)10-6-4-3-5-7-10/h3-9,19H,1-2H3. The van der Waals surface area contributed by atoms with Crippen LogP contribution in [0, 0.1) is 0 Å². The highest BCUT2D eigenvalue weighted by Gasteiger charge is 2.20. The molecule has 0 spiro atoms. The van der Waals surface area contributed by atoms with Gasteiger partial charge in [0.05, 0.1) is 11.9 Å². The Labute approximate surface area is 120 Å². The molecule has 0 bridgehead atoms. The van der Waals surface area contributed by atoms with E-state index >= 15 is 0 Å². The number of nitrogens with zero attached hydrogens (tertiary/aromatic N) is 4. The average Bonchev–Trinajstić information content (AvgIpc) is 3.14. The van der Waals surface area contributed by atoms with Crippen molar-refractivity contribution < 1.29 is 14.4 Å². The molecular weight excluding hydrogens is 272 g/mol. The largest absolute Gasteiger partial charge is 0.504 e. The number of ether oxygens (including phenoxy) is 1. The number of para-hydroxylation sites is 1. The van der Waals surface area contributed by atoms with Crippen LogP contribution >= 0.6 is 0 Å². The summed E-state index contributed by atoms with van der Waals surface area (Å²) in [4.78, 5) is 4.18. The van der Waals surface area contributed by atoms with E-state index in [4.69, 9.17) is 9.26 Å². The van der Waals surface area contributed by atoms with Gasteiger partial charge in [0, 0.05) is 7.11 Å². The molecule has 108 valence electrons. The lowest BCUT2D eigenvalue weighted by atomic mass is 10.3. The SMILES string of the molecule is COC(C)c1noc(-c2nn(-c3ccccc3)cc2O)n1. The minimum Gasteiger partial charge on any atom is -0.504 e. The summed E-state index contributed by atoms with van der Waals surface area (Å²) in [7, 11) is 1.56. The second kappa shape index (κ2) is 5.37. The van der Waals surface area contributed by atoms with Gasteiger partial charge in [0.1, 0.15) is 6.10 Å². The van der Waals surface area contributed by atoms with Crippen LogP contribution in [0.2, 0.25) is 0 Å². The maximum absolute atomic E-state index is 10.0. The molecular formula is C14H14N4O3. The number of hydrogen-bond donors (Lipinski definition) is 1. The number of aromatic nitrogens is 4. The molecule has 3 aromatic rings. The van der Waals surface area contributed by atoms with Crippen LogP contribution in [-0.2, 0) is 4.74 Å². The highest BCUT2D eigenvalue weighted by atomic mass is 16.5. The summed E-state index contributed by atoms with van der Waals surface area (Å²) in [5.74, 6) is 0.529. The third-order valence-corrected chi connectivity index (χ3v) is 3.08. The maximum atomic E-state index is 10.0. The zero-order chi connectivity index (χ0) is 14.8. The highest BCUT2D eigenvalue weighted by molar-refractivity contribution is 5.56. The van der Waals surface area contributed by atoms with E-state index in [9.17, 15) is 5.11 Å². The molecule has 1 aromatic carbocycles. The van der Waals surface area contributed by atoms with Crippen LogP contribution < -0.4 is 0 Å². The fraction of sp³-hybridized carbons (Fsp3) is 0.214. The highest BCUT2D eigenvalue weighted by Crippen LogP contribution is 2.28. The minimum absolute atomic E-state index is 0.0286. The predicted octanol–water partition coefficient (Wildman–Crippen LogP) is 2.34. The van der Waals surface area contributed by atoms with E-state index in [1.54, 1.807) is 18.7 Å². The summed E-state index contributed by atoms with van der Waals surface area (Å²) < 4.78 is 11.8. The van der Waals surface area contributed by atoms with Crippen molar-refractivity contribution in [2.24, 2.45) is 0 Å². The topological polar surface area (TPSA) is 86.2 Å². The first-order valence-electron chi connectivity index (χ1n) is 6.40. The van der Waals surface area contributed by atoms with Gasteiger partial charge in [-0.2, -0.15) is 10.1 Å². The third-order valence-electron chi connectivity index (χ3n) is 3.08. The molecule has 3 rings (SSSR count). The van der Waals surface area contributed by atoms with Crippen molar-refractivity contribution in [1.29, 1.82) is 0 Å². The lowest BCUT2D eigenvalue weighted by Gasteiger charge is -2.00. The number of hydrogen-bond acceptors (Lipinski definition) is 6. The van der Waals surface area contributed by atoms with Gasteiger partial charge in [-0.25, -0.2) is 4.68 Å². The summed E-state index contributed by atoms with van der Waals surface area (Å²) in [5.41, 5.74) is 1.06. The van der Waals surface area contributed by atoms with E-state index in [0.717, 1.165) is 5.69 Å². The van der Waals surface area contributed by atoms with Gasteiger partial charge in [0.15, 0.2) is 11.4 Å². The van der Waals surface area contributed by atoms with Gasteiger partial charge in [-0.3, -0.25) is 0 Å². The molecule has 0 amide bonds. The van der Waals surface area contributed by atoms with Crippen molar-refractivity contribution in [3.63, 3.8) is 0 Å². The number of benzene rings is 1. The van der Waals surface area contributed by atoms with Crippen LogP contribution in [0.3, 0.4) is 0 Å². The molecule has 1 atom stereocenters. The molecule has 0 radical (unpaired) electrons. The second-order valence-electron chi connectivity index (χ2n) is 4.48. The van der Waals surface area contributed by atoms with Gasteiger partial charge in [-0.05, 0) is 19.1 Å². The van der Waals surface area contributed by atoms with Crippen molar-refractivity contribution in [3.05, 3.63) is 42.4 Å². The monoisotopic (exact) mass is 286 g/mol. The first-order chi connectivity index (χ1) is 10.2. The smallest absolute Gasteiger partial charge is 0.282 e. The van der Waals surface area contributed by atoms with Crippen molar-refractivity contribution in [3.8, 4) is 23.0 Å². The Hall–Kier alpha value is -2.67. The molecule has 0 aliphatic rings. The molecule has 0 aliphatic carbocycles. The molecule has 1 N–H and O–H groups in total. The van der Waals surface area contributed by atoms with Crippen LogP contribution in [0.25, 0.3) is 17.3 Å². The van der Waals surface area contributed by atoms with E-state index in [1.807, 2.05) is 30.3 Å². The van der Waals surface area contributed by atoms with E-state index in [1.165, 1.54) is 6.20 Å². The molecule has 0 saturated carbocycles. The van der Waals surface area contributed by atoms with Gasteiger partial charge >= 0.3 is 0 Å². The molecule has 2 aromatic heterocycles. The summed E-state index contributed by atoms with van der Waals surface area (Å²) in [6, 6.07) is 9.44. The Morgan fingerprint density at radius 3 is 2.76 bits per heavy atom. The Morgan fingerprint density at radius 1 is 1.29 bits per heavy atom. The summed E-state index contributed by atoms with van der Waals surface area (Å²) in [5, 5.41) is 18.1. The van der Waals surface area contributed by atoms with Crippen LogP contribution in [0.1, 0.15) is 18.9 Å². The third kappa shape index (κ3) is 2.50. The molecule has 7 nitrogen and oxygen atoms in total. The predicted molar refractivity (Wildman–Crippen MR) is 73.9 cm³/mol. The van der Waals surface area contributed by atoms with Crippen molar-refractivity contribution in [1.82, 2.24) is 19.9 Å². The van der Waals surface area contributed by atoms with Gasteiger partial charge in [-0.15, -0.1) is 0 Å². The molecule has 7 heteroatoms. The van der Waals surface area contributed by atoms with E-state index in [0.29, 0.717) is 5.82 Å². The summed E-state index contributed by atoms with van der Waals surface area (Å²) in [6.07, 6.45) is 1.20. The van der Waals surface area contributed by atoms with E-state index < -0.39 is 0 Å². The fourth-order valence-electron chi connectivity index (χ4n) is 1.83. The minimum atomic E-state index is -0.291. The van der Waals surface area contributed by atoms with Crippen molar-refractivity contribution >= 4 is 0 Å². The molecule has 0 aliphatic heterocycles. The quantitative estimate of drug-likeness (QED) is 0.792. The first-order valence-corrected chi connectivity index (χ1v) is 6.40. The fourth-order valence-corrected chi connectivity index (χ4v) is 1.83. The average molecular weight is 286 g/mol. The van der Waals surface area contributed by atoms with Crippen LogP contribution in [0.5, 0.6) is 5.75 Å². The van der Waals surface area contributed by atoms with Crippen molar-refractivity contribution in [2.45, 2.75) is 13.0 Å². The Kier molecular flexibility index (Phi) is 3.41. The first kappa shape index (κ1) is 13.3. The normalized spacial score (nSPS) is 12.5. The number of aromatic hydroxyl groups is 1. The molecule has 0 fully saturated rings.